The highest BCUT2D eigenvalue weighted by Gasteiger charge is 2.76. The van der Waals surface area contributed by atoms with Crippen molar-refractivity contribution in [3.8, 4) is 0 Å². The molecule has 3 N–H and O–H groups in total. The first-order valence-corrected chi connectivity index (χ1v) is 13.9. The zero-order valence-electron chi connectivity index (χ0n) is 20.8. The molecule has 2 bridgehead atoms. The van der Waals surface area contributed by atoms with E-state index in [1.54, 1.807) is 40.9 Å². The standard InChI is InChI=1S/C26H36ClN3O4S/c1-5-10-28-23(32)20-19-12-15(4)26(35-19)21(20)25(34)30(18(13-31)11-14(2)3)22(26)24(33)29-17-8-6-16(27)7-9-17/h6-9,14-15,18-22,31H,5,10-13H2,1-4H3,(H,28,32)(H,29,33)/t15?,18-,19-,20+,21+,22?,26?/m1/s1. The van der Waals surface area contributed by atoms with Crippen LogP contribution in [0.1, 0.15) is 47.0 Å². The van der Waals surface area contributed by atoms with Gasteiger partial charge < -0.3 is 20.6 Å². The number of likely N-dealkylation sites (tertiary alicyclic amines) is 1. The van der Waals surface area contributed by atoms with E-state index in [0.717, 1.165) is 12.8 Å². The Labute approximate surface area is 216 Å². The molecule has 1 aromatic carbocycles. The van der Waals surface area contributed by atoms with Crippen LogP contribution in [0.2, 0.25) is 5.02 Å². The minimum atomic E-state index is -0.777. The van der Waals surface area contributed by atoms with Crippen LogP contribution in [0.25, 0.3) is 0 Å². The van der Waals surface area contributed by atoms with Gasteiger partial charge in [0.15, 0.2) is 0 Å². The number of anilines is 1. The van der Waals surface area contributed by atoms with Gasteiger partial charge in [-0.2, -0.15) is 0 Å². The number of carbonyl (C=O) groups is 3. The van der Waals surface area contributed by atoms with Gasteiger partial charge in [0.1, 0.15) is 6.04 Å². The number of nitrogens with one attached hydrogen (secondary N) is 2. The summed E-state index contributed by atoms with van der Waals surface area (Å²) in [6.07, 6.45) is 2.17. The summed E-state index contributed by atoms with van der Waals surface area (Å²) in [6.45, 7) is 8.50. The van der Waals surface area contributed by atoms with Crippen molar-refractivity contribution in [1.29, 1.82) is 0 Å². The van der Waals surface area contributed by atoms with E-state index in [4.69, 9.17) is 11.6 Å². The van der Waals surface area contributed by atoms with E-state index in [2.05, 4.69) is 17.6 Å². The smallest absolute Gasteiger partial charge is 0.248 e. The highest BCUT2D eigenvalue weighted by atomic mass is 35.5. The van der Waals surface area contributed by atoms with Gasteiger partial charge in [-0.15, -0.1) is 11.8 Å². The van der Waals surface area contributed by atoms with Crippen molar-refractivity contribution in [2.45, 2.75) is 69.0 Å². The van der Waals surface area contributed by atoms with Gasteiger partial charge in [-0.05, 0) is 55.4 Å². The van der Waals surface area contributed by atoms with E-state index < -0.39 is 28.7 Å². The minimum Gasteiger partial charge on any atom is -0.394 e. The molecule has 192 valence electrons. The molecule has 4 rings (SSSR count). The predicted octanol–water partition coefficient (Wildman–Crippen LogP) is 3.55. The molecule has 35 heavy (non-hydrogen) atoms. The van der Waals surface area contributed by atoms with E-state index in [1.165, 1.54) is 0 Å². The molecular formula is C26H36ClN3O4S. The van der Waals surface area contributed by atoms with Crippen LogP contribution in [-0.2, 0) is 14.4 Å². The number of hydrogen-bond donors (Lipinski definition) is 3. The molecule has 9 heteroatoms. The zero-order chi connectivity index (χ0) is 25.5. The lowest BCUT2D eigenvalue weighted by Gasteiger charge is -2.40. The molecule has 0 saturated carbocycles. The second-order valence-corrected chi connectivity index (χ2v) is 12.5. The van der Waals surface area contributed by atoms with Crippen LogP contribution < -0.4 is 10.6 Å². The normalized spacial score (nSPS) is 32.1. The van der Waals surface area contributed by atoms with E-state index in [1.807, 2.05) is 20.8 Å². The van der Waals surface area contributed by atoms with Crippen molar-refractivity contribution < 1.29 is 19.5 Å². The summed E-state index contributed by atoms with van der Waals surface area (Å²) in [5.74, 6) is -1.31. The minimum absolute atomic E-state index is 0.00135. The number of aliphatic hydroxyl groups is 1. The lowest BCUT2D eigenvalue weighted by Crippen LogP contribution is -2.57. The Kier molecular flexibility index (Phi) is 7.74. The Hall–Kier alpha value is -1.77. The van der Waals surface area contributed by atoms with Crippen molar-refractivity contribution in [2.75, 3.05) is 18.5 Å². The number of amides is 3. The molecule has 0 aliphatic carbocycles. The molecule has 0 aromatic heterocycles. The first-order valence-electron chi connectivity index (χ1n) is 12.6. The molecule has 3 amide bonds. The lowest BCUT2D eigenvalue weighted by molar-refractivity contribution is -0.142. The quantitative estimate of drug-likeness (QED) is 0.461. The highest BCUT2D eigenvalue weighted by Crippen LogP contribution is 2.68. The van der Waals surface area contributed by atoms with Gasteiger partial charge in [0, 0.05) is 22.5 Å². The molecule has 7 atom stereocenters. The summed E-state index contributed by atoms with van der Waals surface area (Å²) >= 11 is 7.66. The zero-order valence-corrected chi connectivity index (χ0v) is 22.4. The monoisotopic (exact) mass is 521 g/mol. The molecular weight excluding hydrogens is 486 g/mol. The maximum Gasteiger partial charge on any atom is 0.248 e. The average Bonchev–Trinajstić information content (AvgIpc) is 3.41. The van der Waals surface area contributed by atoms with E-state index in [9.17, 15) is 19.5 Å². The summed E-state index contributed by atoms with van der Waals surface area (Å²) < 4.78 is -0.711. The number of fused-ring (bicyclic) bond motifs is 1. The van der Waals surface area contributed by atoms with Crippen molar-refractivity contribution in [3.63, 3.8) is 0 Å². The fourth-order valence-corrected chi connectivity index (χ4v) is 8.92. The van der Waals surface area contributed by atoms with Gasteiger partial charge in [0.25, 0.3) is 0 Å². The second kappa shape index (κ2) is 10.3. The Balaban J connectivity index is 1.76. The molecule has 7 nitrogen and oxygen atoms in total. The summed E-state index contributed by atoms with van der Waals surface area (Å²) in [6, 6.07) is 5.61. The fourth-order valence-electron chi connectivity index (χ4n) is 6.38. The number of thioether (sulfide) groups is 1. The number of aliphatic hydroxyl groups excluding tert-OH is 1. The first-order chi connectivity index (χ1) is 16.6. The highest BCUT2D eigenvalue weighted by molar-refractivity contribution is 8.02. The third-order valence-corrected chi connectivity index (χ3v) is 10.1. The summed E-state index contributed by atoms with van der Waals surface area (Å²) in [5, 5.41) is 16.9. The van der Waals surface area contributed by atoms with Crippen molar-refractivity contribution >= 4 is 46.8 Å². The summed E-state index contributed by atoms with van der Waals surface area (Å²) in [7, 11) is 0. The van der Waals surface area contributed by atoms with Crippen molar-refractivity contribution in [1.82, 2.24) is 10.2 Å². The van der Waals surface area contributed by atoms with Crippen LogP contribution in [-0.4, -0.2) is 63.0 Å². The van der Waals surface area contributed by atoms with Gasteiger partial charge in [-0.1, -0.05) is 39.3 Å². The number of carbonyl (C=O) groups excluding carboxylic acids is 3. The molecule has 3 fully saturated rings. The summed E-state index contributed by atoms with van der Waals surface area (Å²) in [4.78, 5) is 42.9. The molecule has 0 radical (unpaired) electrons. The molecule has 1 aromatic rings. The van der Waals surface area contributed by atoms with Crippen LogP contribution in [0.4, 0.5) is 5.69 Å². The van der Waals surface area contributed by atoms with Gasteiger partial charge in [-0.3, -0.25) is 14.4 Å². The topological polar surface area (TPSA) is 98.7 Å². The fraction of sp³-hybridized carbons (Fsp3) is 0.654. The number of nitrogens with zero attached hydrogens (tertiary/aromatic N) is 1. The lowest BCUT2D eigenvalue weighted by atomic mass is 9.66. The van der Waals surface area contributed by atoms with Crippen LogP contribution in [0.15, 0.2) is 24.3 Å². The maximum atomic E-state index is 14.1. The third-order valence-electron chi connectivity index (χ3n) is 7.74. The van der Waals surface area contributed by atoms with Crippen molar-refractivity contribution in [3.05, 3.63) is 29.3 Å². The Morgan fingerprint density at radius 2 is 1.94 bits per heavy atom. The van der Waals surface area contributed by atoms with Gasteiger partial charge in [-0.25, -0.2) is 0 Å². The number of hydrogen-bond acceptors (Lipinski definition) is 5. The SMILES string of the molecule is CCCNC(=O)[C@@H]1[C@H]2C(=O)N([C@@H](CO)CC(C)C)C(C(=O)Nc3ccc(Cl)cc3)C23S[C@@H]1CC3C. The molecule has 3 aliphatic heterocycles. The maximum absolute atomic E-state index is 14.1. The van der Waals surface area contributed by atoms with Crippen molar-refractivity contribution in [2.24, 2.45) is 23.7 Å². The number of halogens is 1. The van der Waals surface area contributed by atoms with E-state index in [0.29, 0.717) is 23.7 Å². The van der Waals surface area contributed by atoms with E-state index in [-0.39, 0.29) is 41.4 Å². The largest absolute Gasteiger partial charge is 0.394 e. The van der Waals surface area contributed by atoms with Crippen LogP contribution in [0.3, 0.4) is 0 Å². The number of benzene rings is 1. The summed E-state index contributed by atoms with van der Waals surface area (Å²) in [5.41, 5.74) is 0.596. The predicted molar refractivity (Wildman–Crippen MR) is 139 cm³/mol. The third kappa shape index (κ3) is 4.46. The van der Waals surface area contributed by atoms with Crippen LogP contribution >= 0.6 is 23.4 Å². The van der Waals surface area contributed by atoms with Crippen LogP contribution in [0.5, 0.6) is 0 Å². The van der Waals surface area contributed by atoms with Gasteiger partial charge in [0.2, 0.25) is 17.7 Å². The second-order valence-electron chi connectivity index (χ2n) is 10.6. The average molecular weight is 522 g/mol. The van der Waals surface area contributed by atoms with Crippen LogP contribution in [0, 0.1) is 23.7 Å². The molecule has 3 unspecified atom stereocenters. The molecule has 3 saturated heterocycles. The molecule has 3 heterocycles. The Bertz CT molecular complexity index is 974. The Morgan fingerprint density at radius 1 is 1.26 bits per heavy atom. The first kappa shape index (κ1) is 26.3. The van der Waals surface area contributed by atoms with E-state index >= 15 is 0 Å². The molecule has 3 aliphatic rings. The Morgan fingerprint density at radius 3 is 2.54 bits per heavy atom. The number of rotatable bonds is 9. The van der Waals surface area contributed by atoms with Gasteiger partial charge in [0.05, 0.1) is 29.2 Å². The van der Waals surface area contributed by atoms with Gasteiger partial charge >= 0.3 is 0 Å². The molecule has 1 spiro atoms.